The molecule has 0 aliphatic rings. The number of para-hydroxylation sites is 1. The number of amides is 1. The number of benzene rings is 1. The summed E-state index contributed by atoms with van der Waals surface area (Å²) < 4.78 is 5.44. The van der Waals surface area contributed by atoms with Crippen molar-refractivity contribution in [1.29, 1.82) is 0 Å². The van der Waals surface area contributed by atoms with Crippen molar-refractivity contribution in [1.82, 2.24) is 5.43 Å². The molecule has 2 aromatic rings. The quantitative estimate of drug-likeness (QED) is 0.290. The van der Waals surface area contributed by atoms with E-state index in [0.29, 0.717) is 17.1 Å². The molecule has 102 valence electrons. The van der Waals surface area contributed by atoms with Crippen LogP contribution in [0.3, 0.4) is 0 Å². The molecule has 20 heavy (non-hydrogen) atoms. The number of nitro benzene ring substituents is 1. The molecule has 1 heterocycles. The third kappa shape index (κ3) is 2.90. The Hall–Kier alpha value is -2.93. The summed E-state index contributed by atoms with van der Waals surface area (Å²) in [5.41, 5.74) is 2.27. The van der Waals surface area contributed by atoms with E-state index in [1.807, 2.05) is 5.43 Å². The second kappa shape index (κ2) is 5.81. The number of hydrazine groups is 1. The maximum atomic E-state index is 11.0. The van der Waals surface area contributed by atoms with Crippen molar-refractivity contribution in [2.75, 3.05) is 0 Å². The van der Waals surface area contributed by atoms with E-state index in [0.717, 1.165) is 0 Å². The Bertz CT molecular complexity index is 676. The number of nitrogens with two attached hydrogens (primary N) is 1. The molecular formula is C13H11N3O4. The number of hydrogen-bond acceptors (Lipinski definition) is 5. The topological polar surface area (TPSA) is 111 Å². The van der Waals surface area contributed by atoms with Crippen LogP contribution in [0.15, 0.2) is 46.9 Å². The molecule has 3 N–H and O–H groups in total. The number of hydrogen-bond donors (Lipinski definition) is 2. The average Bonchev–Trinajstić information content (AvgIpc) is 2.93. The highest BCUT2D eigenvalue weighted by molar-refractivity contribution is 5.90. The first-order valence-corrected chi connectivity index (χ1v) is 5.64. The Labute approximate surface area is 113 Å². The normalized spacial score (nSPS) is 10.7. The molecule has 0 unspecified atom stereocenters. The Balaban J connectivity index is 2.32. The van der Waals surface area contributed by atoms with Gasteiger partial charge in [-0.3, -0.25) is 20.3 Å². The van der Waals surface area contributed by atoms with Crippen LogP contribution in [0.2, 0.25) is 0 Å². The summed E-state index contributed by atoms with van der Waals surface area (Å²) in [7, 11) is 0. The van der Waals surface area contributed by atoms with Gasteiger partial charge in [-0.1, -0.05) is 12.1 Å². The Morgan fingerprint density at radius 1 is 1.30 bits per heavy atom. The van der Waals surface area contributed by atoms with Crippen LogP contribution in [-0.4, -0.2) is 10.8 Å². The average molecular weight is 273 g/mol. The van der Waals surface area contributed by atoms with Gasteiger partial charge in [-0.25, -0.2) is 5.84 Å². The maximum Gasteiger partial charge on any atom is 0.280 e. The van der Waals surface area contributed by atoms with Crippen LogP contribution < -0.4 is 11.3 Å². The zero-order chi connectivity index (χ0) is 14.5. The Morgan fingerprint density at radius 2 is 2.05 bits per heavy atom. The fourth-order valence-electron chi connectivity index (χ4n) is 1.63. The van der Waals surface area contributed by atoms with Crippen molar-refractivity contribution < 1.29 is 14.1 Å². The summed E-state index contributed by atoms with van der Waals surface area (Å²) >= 11 is 0. The van der Waals surface area contributed by atoms with E-state index in [9.17, 15) is 14.9 Å². The van der Waals surface area contributed by atoms with E-state index in [2.05, 4.69) is 0 Å². The second-order valence-electron chi connectivity index (χ2n) is 3.82. The minimum Gasteiger partial charge on any atom is -0.456 e. The van der Waals surface area contributed by atoms with Crippen molar-refractivity contribution in [3.8, 4) is 11.3 Å². The first kappa shape index (κ1) is 13.5. The smallest absolute Gasteiger partial charge is 0.280 e. The highest BCUT2D eigenvalue weighted by Crippen LogP contribution is 2.30. The van der Waals surface area contributed by atoms with Crippen LogP contribution in [0.1, 0.15) is 5.76 Å². The standard InChI is InChI=1S/C13H11N3O4/c14-15-13(17)8-6-9-5-7-12(20-9)10-3-1-2-4-11(10)16(18)19/h1-8H,14H2,(H,15,17)/b8-6+. The molecule has 1 aromatic carbocycles. The molecule has 7 heteroatoms. The molecular weight excluding hydrogens is 262 g/mol. The molecule has 0 aliphatic carbocycles. The SMILES string of the molecule is NNC(=O)/C=C/c1ccc(-c2ccccc2[N+](=O)[O-])o1. The van der Waals surface area contributed by atoms with Gasteiger partial charge in [-0.2, -0.15) is 0 Å². The second-order valence-corrected chi connectivity index (χ2v) is 3.82. The third-order valence-corrected chi connectivity index (χ3v) is 2.53. The summed E-state index contributed by atoms with van der Waals surface area (Å²) in [4.78, 5) is 21.4. The zero-order valence-electron chi connectivity index (χ0n) is 10.3. The lowest BCUT2D eigenvalue weighted by Crippen LogP contribution is -2.27. The number of carbonyl (C=O) groups is 1. The summed E-state index contributed by atoms with van der Waals surface area (Å²) in [6.45, 7) is 0. The molecule has 1 amide bonds. The van der Waals surface area contributed by atoms with Gasteiger partial charge in [0.2, 0.25) is 0 Å². The molecule has 7 nitrogen and oxygen atoms in total. The van der Waals surface area contributed by atoms with E-state index in [1.54, 1.807) is 30.3 Å². The van der Waals surface area contributed by atoms with Crippen molar-refractivity contribution in [2.24, 2.45) is 5.84 Å². The van der Waals surface area contributed by atoms with E-state index < -0.39 is 10.8 Å². The van der Waals surface area contributed by atoms with Gasteiger partial charge in [-0.05, 0) is 24.3 Å². The first-order chi connectivity index (χ1) is 9.61. The maximum absolute atomic E-state index is 11.0. The van der Waals surface area contributed by atoms with Gasteiger partial charge in [0, 0.05) is 12.1 Å². The monoisotopic (exact) mass is 273 g/mol. The largest absolute Gasteiger partial charge is 0.456 e. The summed E-state index contributed by atoms with van der Waals surface area (Å²) in [6, 6.07) is 9.46. The zero-order valence-corrected chi connectivity index (χ0v) is 10.3. The van der Waals surface area contributed by atoms with Gasteiger partial charge >= 0.3 is 0 Å². The number of carbonyl (C=O) groups excluding carboxylic acids is 1. The van der Waals surface area contributed by atoms with Crippen LogP contribution in [0.4, 0.5) is 5.69 Å². The van der Waals surface area contributed by atoms with Gasteiger partial charge in [-0.15, -0.1) is 0 Å². The molecule has 0 aliphatic heterocycles. The van der Waals surface area contributed by atoms with Crippen LogP contribution in [0, 0.1) is 10.1 Å². The summed E-state index contributed by atoms with van der Waals surface area (Å²) in [6.07, 6.45) is 2.61. The Morgan fingerprint density at radius 3 is 2.75 bits per heavy atom. The molecule has 1 aromatic heterocycles. The van der Waals surface area contributed by atoms with Gasteiger partial charge < -0.3 is 4.42 Å². The first-order valence-electron chi connectivity index (χ1n) is 5.64. The molecule has 2 rings (SSSR count). The minimum atomic E-state index is -0.478. The van der Waals surface area contributed by atoms with Gasteiger partial charge in [0.15, 0.2) is 0 Å². The van der Waals surface area contributed by atoms with Crippen LogP contribution in [0.5, 0.6) is 0 Å². The predicted octanol–water partition coefficient (Wildman–Crippen LogP) is 1.86. The summed E-state index contributed by atoms with van der Waals surface area (Å²) in [5.74, 6) is 5.19. The van der Waals surface area contributed by atoms with Crippen molar-refractivity contribution in [2.45, 2.75) is 0 Å². The number of nitrogens with zero attached hydrogens (tertiary/aromatic N) is 1. The number of rotatable bonds is 4. The van der Waals surface area contributed by atoms with Crippen LogP contribution >= 0.6 is 0 Å². The van der Waals surface area contributed by atoms with Crippen molar-refractivity contribution in [3.05, 3.63) is 58.3 Å². The number of furan rings is 1. The summed E-state index contributed by atoms with van der Waals surface area (Å²) in [5, 5.41) is 10.9. The highest BCUT2D eigenvalue weighted by Gasteiger charge is 2.16. The fraction of sp³-hybridized carbons (Fsp3) is 0. The predicted molar refractivity (Wildman–Crippen MR) is 72.2 cm³/mol. The van der Waals surface area contributed by atoms with Crippen molar-refractivity contribution in [3.63, 3.8) is 0 Å². The fourth-order valence-corrected chi connectivity index (χ4v) is 1.63. The van der Waals surface area contributed by atoms with E-state index >= 15 is 0 Å². The molecule has 0 atom stereocenters. The third-order valence-electron chi connectivity index (χ3n) is 2.53. The molecule has 0 saturated heterocycles. The van der Waals surface area contributed by atoms with E-state index in [-0.39, 0.29) is 5.69 Å². The lowest BCUT2D eigenvalue weighted by Gasteiger charge is -1.98. The van der Waals surface area contributed by atoms with E-state index in [4.69, 9.17) is 10.3 Å². The lowest BCUT2D eigenvalue weighted by molar-refractivity contribution is -0.384. The molecule has 0 saturated carbocycles. The molecule has 0 radical (unpaired) electrons. The Kier molecular flexibility index (Phi) is 3.92. The lowest BCUT2D eigenvalue weighted by atomic mass is 10.1. The van der Waals surface area contributed by atoms with Crippen molar-refractivity contribution >= 4 is 17.7 Å². The van der Waals surface area contributed by atoms with Gasteiger partial charge in [0.1, 0.15) is 11.5 Å². The van der Waals surface area contributed by atoms with Crippen LogP contribution in [-0.2, 0) is 4.79 Å². The van der Waals surface area contributed by atoms with Gasteiger partial charge in [0.25, 0.3) is 11.6 Å². The highest BCUT2D eigenvalue weighted by atomic mass is 16.6. The number of nitrogens with one attached hydrogen (secondary N) is 1. The minimum absolute atomic E-state index is 0.0444. The van der Waals surface area contributed by atoms with E-state index in [1.165, 1.54) is 18.2 Å². The number of nitro groups is 1. The molecule has 0 bridgehead atoms. The van der Waals surface area contributed by atoms with Gasteiger partial charge in [0.05, 0.1) is 10.5 Å². The van der Waals surface area contributed by atoms with Crippen LogP contribution in [0.25, 0.3) is 17.4 Å². The molecule has 0 spiro atoms. The molecule has 0 fully saturated rings.